The highest BCUT2D eigenvalue weighted by molar-refractivity contribution is 7.99. The summed E-state index contributed by atoms with van der Waals surface area (Å²) in [7, 11) is 0. The number of thioether (sulfide) groups is 1. The third-order valence-electron chi connectivity index (χ3n) is 6.79. The van der Waals surface area contributed by atoms with Crippen molar-refractivity contribution in [2.45, 2.75) is 55.6 Å². The number of rotatable bonds is 7. The normalized spacial score (nSPS) is 16.1. The maximum absolute atomic E-state index is 13.3. The zero-order valence-electron chi connectivity index (χ0n) is 19.4. The molecule has 2 aromatic carbocycles. The van der Waals surface area contributed by atoms with E-state index in [2.05, 4.69) is 5.32 Å². The summed E-state index contributed by atoms with van der Waals surface area (Å²) in [6.07, 6.45) is 6.45. The van der Waals surface area contributed by atoms with E-state index in [1.165, 1.54) is 11.8 Å². The number of carbonyl (C=O) groups excluding carboxylic acids is 1. The van der Waals surface area contributed by atoms with Crippen molar-refractivity contribution in [3.8, 4) is 5.69 Å². The summed E-state index contributed by atoms with van der Waals surface area (Å²) in [6, 6.07) is 19.4. The van der Waals surface area contributed by atoms with Crippen LogP contribution >= 0.6 is 11.8 Å². The maximum Gasteiger partial charge on any atom is 0.262 e. The molecule has 0 saturated heterocycles. The molecule has 0 unspecified atom stereocenters. The van der Waals surface area contributed by atoms with Gasteiger partial charge in [-0.25, -0.2) is 9.67 Å². The summed E-state index contributed by atoms with van der Waals surface area (Å²) in [6.45, 7) is 0. The zero-order chi connectivity index (χ0) is 23.8. The molecule has 6 rings (SSSR count). The predicted octanol–water partition coefficient (Wildman–Crippen LogP) is 5.31. The molecule has 1 amide bonds. The summed E-state index contributed by atoms with van der Waals surface area (Å²) >= 11 is 1.33. The monoisotopic (exact) mass is 485 g/mol. The van der Waals surface area contributed by atoms with E-state index in [0.29, 0.717) is 27.8 Å². The highest BCUT2D eigenvalue weighted by Gasteiger charge is 2.28. The van der Waals surface area contributed by atoms with Crippen molar-refractivity contribution < 1.29 is 4.79 Å². The molecule has 4 aromatic rings. The van der Waals surface area contributed by atoms with Crippen LogP contribution in [-0.2, 0) is 4.79 Å². The van der Waals surface area contributed by atoms with Gasteiger partial charge in [-0.1, -0.05) is 54.9 Å². The lowest BCUT2D eigenvalue weighted by Crippen LogP contribution is -2.27. The number of hydrogen-bond acceptors (Lipinski definition) is 5. The first-order chi connectivity index (χ1) is 17.2. The minimum Gasteiger partial charge on any atom is -0.310 e. The summed E-state index contributed by atoms with van der Waals surface area (Å²) in [4.78, 5) is 31.2. The standard InChI is InChI=1S/C27H27N5O2S/c33-25(29-24-16-23(18-14-15-18)30-32(24)20-10-2-1-3-11-20)17-35-27-28-22-13-7-6-12-21(22)26(34)31(27)19-8-4-5-9-19/h1-3,6-7,10-13,16,18-19H,4-5,8-9,14-15,17H2,(H,29,33). The molecule has 2 saturated carbocycles. The van der Waals surface area contributed by atoms with Crippen LogP contribution in [0.3, 0.4) is 0 Å². The first-order valence-electron chi connectivity index (χ1n) is 12.3. The molecule has 0 bridgehead atoms. The van der Waals surface area contributed by atoms with Gasteiger partial charge in [-0.15, -0.1) is 0 Å². The lowest BCUT2D eigenvalue weighted by atomic mass is 10.2. The molecule has 2 fully saturated rings. The predicted molar refractivity (Wildman–Crippen MR) is 138 cm³/mol. The topological polar surface area (TPSA) is 81.8 Å². The summed E-state index contributed by atoms with van der Waals surface area (Å²) in [5, 5.41) is 9.06. The number of hydrogen-bond donors (Lipinski definition) is 1. The van der Waals surface area contributed by atoms with Crippen LogP contribution in [0.15, 0.2) is 70.6 Å². The molecule has 7 nitrogen and oxygen atoms in total. The number of aromatic nitrogens is 4. The molecule has 8 heteroatoms. The van der Waals surface area contributed by atoms with Crippen molar-refractivity contribution in [3.05, 3.63) is 76.7 Å². The van der Waals surface area contributed by atoms with Crippen LogP contribution in [0.4, 0.5) is 5.82 Å². The molecule has 0 aliphatic heterocycles. The molecule has 1 N–H and O–H groups in total. The Kier molecular flexibility index (Phi) is 5.90. The Hall–Kier alpha value is -3.39. The van der Waals surface area contributed by atoms with Crippen molar-refractivity contribution >= 4 is 34.4 Å². The van der Waals surface area contributed by atoms with Crippen LogP contribution in [0.5, 0.6) is 0 Å². The van der Waals surface area contributed by atoms with E-state index in [0.717, 1.165) is 49.9 Å². The van der Waals surface area contributed by atoms with Crippen molar-refractivity contribution in [1.29, 1.82) is 0 Å². The van der Waals surface area contributed by atoms with Crippen LogP contribution in [0, 0.1) is 0 Å². The molecule has 178 valence electrons. The minimum absolute atomic E-state index is 0.0124. The van der Waals surface area contributed by atoms with E-state index in [9.17, 15) is 9.59 Å². The Labute approximate surface area is 207 Å². The Morgan fingerprint density at radius 3 is 2.51 bits per heavy atom. The fraction of sp³-hybridized carbons (Fsp3) is 0.333. The quantitative estimate of drug-likeness (QED) is 0.284. The lowest BCUT2D eigenvalue weighted by Gasteiger charge is -2.18. The first-order valence-corrected chi connectivity index (χ1v) is 13.3. The molecule has 0 spiro atoms. The highest BCUT2D eigenvalue weighted by Crippen LogP contribution is 2.40. The van der Waals surface area contributed by atoms with E-state index in [1.807, 2.05) is 65.2 Å². The molecule has 2 aliphatic rings. The van der Waals surface area contributed by atoms with E-state index < -0.39 is 0 Å². The van der Waals surface area contributed by atoms with E-state index >= 15 is 0 Å². The van der Waals surface area contributed by atoms with Gasteiger partial charge in [0.1, 0.15) is 5.82 Å². The van der Waals surface area contributed by atoms with Gasteiger partial charge in [-0.3, -0.25) is 14.2 Å². The number of amides is 1. The largest absolute Gasteiger partial charge is 0.310 e. The van der Waals surface area contributed by atoms with E-state index in [1.54, 1.807) is 4.68 Å². The molecule has 2 aromatic heterocycles. The number of nitrogens with zero attached hydrogens (tertiary/aromatic N) is 4. The van der Waals surface area contributed by atoms with Crippen LogP contribution in [-0.4, -0.2) is 31.0 Å². The zero-order valence-corrected chi connectivity index (χ0v) is 20.2. The van der Waals surface area contributed by atoms with Gasteiger partial charge in [0.05, 0.1) is 28.0 Å². The van der Waals surface area contributed by atoms with Gasteiger partial charge in [0.15, 0.2) is 5.16 Å². The number of para-hydroxylation sites is 2. The van der Waals surface area contributed by atoms with E-state index in [4.69, 9.17) is 10.1 Å². The summed E-state index contributed by atoms with van der Waals surface area (Å²) < 4.78 is 3.63. The Bertz CT molecular complexity index is 1440. The van der Waals surface area contributed by atoms with Crippen molar-refractivity contribution in [3.63, 3.8) is 0 Å². The molecular formula is C27H27N5O2S. The average molecular weight is 486 g/mol. The van der Waals surface area contributed by atoms with Gasteiger partial charge in [0.25, 0.3) is 5.56 Å². The van der Waals surface area contributed by atoms with Crippen molar-refractivity contribution in [1.82, 2.24) is 19.3 Å². The van der Waals surface area contributed by atoms with Crippen LogP contribution < -0.4 is 10.9 Å². The van der Waals surface area contributed by atoms with E-state index in [-0.39, 0.29) is 23.3 Å². The van der Waals surface area contributed by atoms with Crippen LogP contribution in [0.2, 0.25) is 0 Å². The van der Waals surface area contributed by atoms with Crippen LogP contribution in [0.25, 0.3) is 16.6 Å². The Morgan fingerprint density at radius 1 is 1.00 bits per heavy atom. The third-order valence-corrected chi connectivity index (χ3v) is 7.74. The fourth-order valence-corrected chi connectivity index (χ4v) is 5.72. The fourth-order valence-electron chi connectivity index (χ4n) is 4.85. The second-order valence-electron chi connectivity index (χ2n) is 9.34. The number of nitrogens with one attached hydrogen (secondary N) is 1. The van der Waals surface area contributed by atoms with Gasteiger partial charge in [0, 0.05) is 18.0 Å². The number of benzene rings is 2. The lowest BCUT2D eigenvalue weighted by molar-refractivity contribution is -0.113. The molecule has 35 heavy (non-hydrogen) atoms. The summed E-state index contributed by atoms with van der Waals surface area (Å²) in [5.74, 6) is 1.17. The van der Waals surface area contributed by atoms with Crippen molar-refractivity contribution in [2.24, 2.45) is 0 Å². The average Bonchev–Trinajstić information content (AvgIpc) is 3.43. The number of anilines is 1. The van der Waals surface area contributed by atoms with Crippen LogP contribution in [0.1, 0.15) is 56.2 Å². The smallest absolute Gasteiger partial charge is 0.262 e. The first kappa shape index (κ1) is 22.1. The SMILES string of the molecule is O=C(CSc1nc2ccccc2c(=O)n1C1CCCC1)Nc1cc(C2CC2)nn1-c1ccccc1. The van der Waals surface area contributed by atoms with Gasteiger partial charge < -0.3 is 5.32 Å². The number of carbonyl (C=O) groups is 1. The molecular weight excluding hydrogens is 458 g/mol. The maximum atomic E-state index is 13.3. The summed E-state index contributed by atoms with van der Waals surface area (Å²) in [5.41, 5.74) is 2.59. The molecule has 2 aliphatic carbocycles. The minimum atomic E-state index is -0.144. The molecule has 0 atom stereocenters. The second-order valence-corrected chi connectivity index (χ2v) is 10.3. The molecule has 0 radical (unpaired) electrons. The highest BCUT2D eigenvalue weighted by atomic mass is 32.2. The Balaban J connectivity index is 1.26. The van der Waals surface area contributed by atoms with Gasteiger partial charge >= 0.3 is 0 Å². The van der Waals surface area contributed by atoms with Crippen molar-refractivity contribution in [2.75, 3.05) is 11.1 Å². The third kappa shape index (κ3) is 4.50. The molecule has 2 heterocycles. The second kappa shape index (κ2) is 9.34. The van der Waals surface area contributed by atoms with Gasteiger partial charge in [-0.2, -0.15) is 5.10 Å². The van der Waals surface area contributed by atoms with Gasteiger partial charge in [-0.05, 0) is 49.9 Å². The Morgan fingerprint density at radius 2 is 1.74 bits per heavy atom. The van der Waals surface area contributed by atoms with Gasteiger partial charge in [0.2, 0.25) is 5.91 Å². The number of fused-ring (bicyclic) bond motifs is 1.